The van der Waals surface area contributed by atoms with Gasteiger partial charge in [0.1, 0.15) is 0 Å². The summed E-state index contributed by atoms with van der Waals surface area (Å²) in [6.07, 6.45) is 5.60. The van der Waals surface area contributed by atoms with Gasteiger partial charge in [-0.25, -0.2) is 0 Å². The maximum Gasteiger partial charge on any atom is 0.0449 e. The average Bonchev–Trinajstić information content (AvgIpc) is 2.95. The van der Waals surface area contributed by atoms with E-state index in [-0.39, 0.29) is 0 Å². The van der Waals surface area contributed by atoms with Crippen LogP contribution >= 0.6 is 0 Å². The van der Waals surface area contributed by atoms with Gasteiger partial charge in [-0.05, 0) is 51.4 Å². The van der Waals surface area contributed by atoms with Gasteiger partial charge >= 0.3 is 0 Å². The Hall–Kier alpha value is -0.860. The lowest BCUT2D eigenvalue weighted by Gasteiger charge is -2.32. The maximum absolute atomic E-state index is 3.53. The number of hydrogen-bond acceptors (Lipinski definition) is 2. The van der Waals surface area contributed by atoms with E-state index in [9.17, 15) is 0 Å². The van der Waals surface area contributed by atoms with Crippen LogP contribution in [-0.4, -0.2) is 31.1 Å². The summed E-state index contributed by atoms with van der Waals surface area (Å²) < 4.78 is 0. The average molecular weight is 274 g/mol. The van der Waals surface area contributed by atoms with Crippen LogP contribution in [0.2, 0.25) is 0 Å². The third-order valence-electron chi connectivity index (χ3n) is 4.81. The molecule has 1 aliphatic rings. The van der Waals surface area contributed by atoms with Gasteiger partial charge in [-0.15, -0.1) is 0 Å². The van der Waals surface area contributed by atoms with Crippen LogP contribution in [0.1, 0.15) is 55.3 Å². The molecule has 1 aromatic rings. The van der Waals surface area contributed by atoms with Gasteiger partial charge in [-0.2, -0.15) is 0 Å². The number of aryl methyl sites for hydroxylation is 2. The summed E-state index contributed by atoms with van der Waals surface area (Å²) in [5.74, 6) is 0. The van der Waals surface area contributed by atoms with Crippen LogP contribution in [0.15, 0.2) is 18.2 Å². The third-order valence-corrected chi connectivity index (χ3v) is 4.81. The molecule has 0 amide bonds. The monoisotopic (exact) mass is 274 g/mol. The third kappa shape index (κ3) is 3.62. The van der Waals surface area contributed by atoms with Gasteiger partial charge in [0.25, 0.3) is 0 Å². The Kier molecular flexibility index (Phi) is 5.62. The highest BCUT2D eigenvalue weighted by Crippen LogP contribution is 2.26. The number of benzene rings is 1. The van der Waals surface area contributed by atoms with Gasteiger partial charge < -0.3 is 5.32 Å². The van der Waals surface area contributed by atoms with E-state index in [4.69, 9.17) is 0 Å². The molecule has 1 saturated carbocycles. The zero-order valence-electron chi connectivity index (χ0n) is 13.6. The molecule has 0 heterocycles. The molecule has 1 unspecified atom stereocenters. The minimum absolute atomic E-state index is 0.441. The second-order valence-electron chi connectivity index (χ2n) is 6.23. The Morgan fingerprint density at radius 2 is 1.95 bits per heavy atom. The normalized spacial score (nSPS) is 17.9. The van der Waals surface area contributed by atoms with Crippen molar-refractivity contribution in [1.82, 2.24) is 10.2 Å². The number of nitrogens with one attached hydrogen (secondary N) is 1. The summed E-state index contributed by atoms with van der Waals surface area (Å²) >= 11 is 0. The SMILES string of the molecule is CCN(CC(NC)c1ccc(C)cc1C)C1CCCC1. The first-order valence-electron chi connectivity index (χ1n) is 8.14. The van der Waals surface area contributed by atoms with Crippen molar-refractivity contribution in [3.63, 3.8) is 0 Å². The Balaban J connectivity index is 2.10. The number of hydrogen-bond donors (Lipinski definition) is 1. The zero-order chi connectivity index (χ0) is 14.5. The van der Waals surface area contributed by atoms with Gasteiger partial charge in [0.15, 0.2) is 0 Å². The molecule has 1 N–H and O–H groups in total. The van der Waals surface area contributed by atoms with Crippen molar-refractivity contribution in [1.29, 1.82) is 0 Å². The Labute approximate surface area is 124 Å². The maximum atomic E-state index is 3.53. The van der Waals surface area contributed by atoms with Crippen LogP contribution in [-0.2, 0) is 0 Å². The quantitative estimate of drug-likeness (QED) is 0.848. The van der Waals surface area contributed by atoms with E-state index in [2.05, 4.69) is 56.2 Å². The molecule has 2 nitrogen and oxygen atoms in total. The van der Waals surface area contributed by atoms with E-state index in [1.807, 2.05) is 0 Å². The molecular formula is C18H30N2. The van der Waals surface area contributed by atoms with E-state index in [0.29, 0.717) is 6.04 Å². The zero-order valence-corrected chi connectivity index (χ0v) is 13.6. The lowest BCUT2D eigenvalue weighted by atomic mass is 9.98. The van der Waals surface area contributed by atoms with Crippen molar-refractivity contribution in [2.45, 2.75) is 58.5 Å². The first kappa shape index (κ1) is 15.5. The fourth-order valence-electron chi connectivity index (χ4n) is 3.60. The summed E-state index contributed by atoms with van der Waals surface area (Å²) in [7, 11) is 2.09. The van der Waals surface area contributed by atoms with Crippen LogP contribution in [0.4, 0.5) is 0 Å². The molecular weight excluding hydrogens is 244 g/mol. The first-order chi connectivity index (χ1) is 9.65. The highest BCUT2D eigenvalue weighted by Gasteiger charge is 2.24. The molecule has 0 aromatic heterocycles. The van der Waals surface area contributed by atoms with Crippen LogP contribution in [0.25, 0.3) is 0 Å². The summed E-state index contributed by atoms with van der Waals surface area (Å²) in [5.41, 5.74) is 4.21. The molecule has 2 rings (SSSR count). The highest BCUT2D eigenvalue weighted by molar-refractivity contribution is 5.33. The molecule has 1 aliphatic carbocycles. The van der Waals surface area contributed by atoms with Crippen molar-refractivity contribution in [3.05, 3.63) is 34.9 Å². The van der Waals surface area contributed by atoms with E-state index < -0.39 is 0 Å². The van der Waals surface area contributed by atoms with Gasteiger partial charge in [-0.3, -0.25) is 4.90 Å². The van der Waals surface area contributed by atoms with E-state index in [0.717, 1.165) is 19.1 Å². The molecule has 0 aliphatic heterocycles. The van der Waals surface area contributed by atoms with Crippen molar-refractivity contribution >= 4 is 0 Å². The molecule has 0 spiro atoms. The molecule has 1 atom stereocenters. The number of likely N-dealkylation sites (N-methyl/N-ethyl adjacent to an activating group) is 2. The number of nitrogens with zero attached hydrogens (tertiary/aromatic N) is 1. The van der Waals surface area contributed by atoms with Crippen molar-refractivity contribution in [2.24, 2.45) is 0 Å². The predicted octanol–water partition coefficient (Wildman–Crippen LogP) is 3.83. The molecule has 20 heavy (non-hydrogen) atoms. The topological polar surface area (TPSA) is 15.3 Å². The highest BCUT2D eigenvalue weighted by atomic mass is 15.2. The molecule has 0 saturated heterocycles. The van der Waals surface area contributed by atoms with Crippen molar-refractivity contribution in [2.75, 3.05) is 20.1 Å². The smallest absolute Gasteiger partial charge is 0.0449 e. The van der Waals surface area contributed by atoms with E-state index in [1.165, 1.54) is 42.4 Å². The summed E-state index contributed by atoms with van der Waals surface area (Å²) in [6.45, 7) is 8.99. The van der Waals surface area contributed by atoms with Crippen molar-refractivity contribution in [3.8, 4) is 0 Å². The van der Waals surface area contributed by atoms with Gasteiger partial charge in [-0.1, -0.05) is 43.5 Å². The predicted molar refractivity (Wildman–Crippen MR) is 87.2 cm³/mol. The van der Waals surface area contributed by atoms with Crippen LogP contribution < -0.4 is 5.32 Å². The lowest BCUT2D eigenvalue weighted by Crippen LogP contribution is -2.39. The Morgan fingerprint density at radius 3 is 2.50 bits per heavy atom. The molecule has 1 aromatic carbocycles. The lowest BCUT2D eigenvalue weighted by molar-refractivity contribution is 0.189. The fourth-order valence-corrected chi connectivity index (χ4v) is 3.60. The molecule has 1 fully saturated rings. The Morgan fingerprint density at radius 1 is 1.25 bits per heavy atom. The molecule has 0 bridgehead atoms. The summed E-state index contributed by atoms with van der Waals surface area (Å²) in [4.78, 5) is 2.67. The molecule has 0 radical (unpaired) electrons. The number of rotatable bonds is 6. The second kappa shape index (κ2) is 7.24. The first-order valence-corrected chi connectivity index (χ1v) is 8.14. The fraction of sp³-hybridized carbons (Fsp3) is 0.667. The van der Waals surface area contributed by atoms with Crippen LogP contribution in [0.3, 0.4) is 0 Å². The summed E-state index contributed by atoms with van der Waals surface area (Å²) in [5, 5.41) is 3.53. The summed E-state index contributed by atoms with van der Waals surface area (Å²) in [6, 6.07) is 8.08. The van der Waals surface area contributed by atoms with Gasteiger partial charge in [0.05, 0.1) is 0 Å². The molecule has 112 valence electrons. The second-order valence-corrected chi connectivity index (χ2v) is 6.23. The minimum atomic E-state index is 0.441. The van der Waals surface area contributed by atoms with Crippen molar-refractivity contribution < 1.29 is 0 Å². The van der Waals surface area contributed by atoms with Gasteiger partial charge in [0.2, 0.25) is 0 Å². The van der Waals surface area contributed by atoms with E-state index in [1.54, 1.807) is 0 Å². The Bertz CT molecular complexity index is 421. The standard InChI is InChI=1S/C18H30N2/c1-5-20(16-8-6-7-9-16)13-18(19-4)17-11-10-14(2)12-15(17)3/h10-12,16,18-19H,5-9,13H2,1-4H3. The van der Waals surface area contributed by atoms with Crippen LogP contribution in [0.5, 0.6) is 0 Å². The van der Waals surface area contributed by atoms with E-state index >= 15 is 0 Å². The largest absolute Gasteiger partial charge is 0.312 e. The van der Waals surface area contributed by atoms with Gasteiger partial charge in [0, 0.05) is 18.6 Å². The minimum Gasteiger partial charge on any atom is -0.312 e. The molecule has 2 heteroatoms. The van der Waals surface area contributed by atoms with Crippen LogP contribution in [0, 0.1) is 13.8 Å².